The van der Waals surface area contributed by atoms with Gasteiger partial charge in [0, 0.05) is 25.2 Å². The first-order valence-corrected chi connectivity index (χ1v) is 7.47. The van der Waals surface area contributed by atoms with Crippen molar-refractivity contribution in [1.82, 2.24) is 4.90 Å². The summed E-state index contributed by atoms with van der Waals surface area (Å²) in [6, 6.07) is 17.1. The van der Waals surface area contributed by atoms with Crippen molar-refractivity contribution < 1.29 is 4.74 Å². The van der Waals surface area contributed by atoms with E-state index in [1.54, 1.807) is 7.11 Å². The van der Waals surface area contributed by atoms with Gasteiger partial charge in [-0.2, -0.15) is 0 Å². The molecule has 21 heavy (non-hydrogen) atoms. The van der Waals surface area contributed by atoms with E-state index < -0.39 is 0 Å². The maximum Gasteiger partial charge on any atom is 0.123 e. The normalized spacial score (nSPS) is 16.3. The maximum absolute atomic E-state index is 6.08. The number of hydrogen-bond acceptors (Lipinski definition) is 3. The van der Waals surface area contributed by atoms with Crippen LogP contribution in [0.4, 0.5) is 0 Å². The van der Waals surface area contributed by atoms with Crippen LogP contribution in [0.5, 0.6) is 5.75 Å². The Balaban J connectivity index is 1.88. The van der Waals surface area contributed by atoms with Gasteiger partial charge in [0.1, 0.15) is 5.75 Å². The van der Waals surface area contributed by atoms with Gasteiger partial charge in [0.2, 0.25) is 0 Å². The van der Waals surface area contributed by atoms with Crippen LogP contribution in [0.2, 0.25) is 0 Å². The second kappa shape index (κ2) is 6.29. The molecule has 0 saturated carbocycles. The molecule has 1 aliphatic rings. The van der Waals surface area contributed by atoms with Crippen LogP contribution in [-0.2, 0) is 13.0 Å². The zero-order valence-corrected chi connectivity index (χ0v) is 12.5. The Labute approximate surface area is 126 Å². The van der Waals surface area contributed by atoms with Crippen LogP contribution in [0, 0.1) is 0 Å². The molecule has 1 atom stereocenters. The molecule has 0 bridgehead atoms. The highest BCUT2D eigenvalue weighted by atomic mass is 16.5. The van der Waals surface area contributed by atoms with Gasteiger partial charge in [-0.25, -0.2) is 0 Å². The Morgan fingerprint density at radius 1 is 1.10 bits per heavy atom. The van der Waals surface area contributed by atoms with Crippen molar-refractivity contribution in [3.05, 3.63) is 65.2 Å². The summed E-state index contributed by atoms with van der Waals surface area (Å²) in [5, 5.41) is 0. The van der Waals surface area contributed by atoms with E-state index in [-0.39, 0.29) is 6.04 Å². The van der Waals surface area contributed by atoms with E-state index in [9.17, 15) is 0 Å². The minimum atomic E-state index is 0.203. The fourth-order valence-electron chi connectivity index (χ4n) is 3.20. The Kier molecular flexibility index (Phi) is 4.23. The predicted molar refractivity (Wildman–Crippen MR) is 85.3 cm³/mol. The van der Waals surface area contributed by atoms with E-state index in [1.165, 1.54) is 16.7 Å². The van der Waals surface area contributed by atoms with Crippen molar-refractivity contribution in [3.8, 4) is 5.75 Å². The molecule has 2 aromatic carbocycles. The van der Waals surface area contributed by atoms with Gasteiger partial charge in [-0.1, -0.05) is 42.5 Å². The fourth-order valence-corrected chi connectivity index (χ4v) is 3.20. The second-order valence-electron chi connectivity index (χ2n) is 5.48. The molecule has 2 N–H and O–H groups in total. The number of nitrogens with zero attached hydrogens (tertiary/aromatic N) is 1. The molecule has 0 spiro atoms. The van der Waals surface area contributed by atoms with E-state index in [1.807, 2.05) is 12.1 Å². The van der Waals surface area contributed by atoms with Gasteiger partial charge in [0.05, 0.1) is 13.2 Å². The minimum absolute atomic E-state index is 0.203. The average molecular weight is 282 g/mol. The minimum Gasteiger partial charge on any atom is -0.496 e. The second-order valence-corrected chi connectivity index (χ2v) is 5.48. The first-order chi connectivity index (χ1) is 10.3. The lowest BCUT2D eigenvalue weighted by molar-refractivity contribution is 0.180. The lowest BCUT2D eigenvalue weighted by Gasteiger charge is -2.35. The fraction of sp³-hybridized carbons (Fsp3) is 0.333. The number of methoxy groups -OCH3 is 1. The van der Waals surface area contributed by atoms with E-state index in [0.29, 0.717) is 6.54 Å². The third kappa shape index (κ3) is 2.80. The van der Waals surface area contributed by atoms with E-state index in [2.05, 4.69) is 41.3 Å². The van der Waals surface area contributed by atoms with Crippen LogP contribution in [0.3, 0.4) is 0 Å². The molecule has 0 radical (unpaired) electrons. The molecule has 3 nitrogen and oxygen atoms in total. The van der Waals surface area contributed by atoms with Crippen molar-refractivity contribution in [2.24, 2.45) is 5.73 Å². The van der Waals surface area contributed by atoms with Gasteiger partial charge in [-0.05, 0) is 23.6 Å². The van der Waals surface area contributed by atoms with E-state index >= 15 is 0 Å². The molecule has 0 amide bonds. The van der Waals surface area contributed by atoms with Crippen molar-refractivity contribution in [2.45, 2.75) is 19.0 Å². The molecule has 3 rings (SSSR count). The summed E-state index contributed by atoms with van der Waals surface area (Å²) in [5.74, 6) is 0.923. The van der Waals surface area contributed by atoms with Crippen LogP contribution < -0.4 is 10.5 Å². The highest BCUT2D eigenvalue weighted by molar-refractivity contribution is 5.37. The molecule has 1 heterocycles. The molecule has 0 aliphatic carbocycles. The quantitative estimate of drug-likeness (QED) is 0.937. The predicted octanol–water partition coefficient (Wildman–Crippen LogP) is 2.75. The lowest BCUT2D eigenvalue weighted by atomic mass is 9.96. The third-order valence-corrected chi connectivity index (χ3v) is 4.32. The number of benzene rings is 2. The number of hydrogen-bond donors (Lipinski definition) is 1. The van der Waals surface area contributed by atoms with Crippen LogP contribution in [-0.4, -0.2) is 25.1 Å². The van der Waals surface area contributed by atoms with Crippen molar-refractivity contribution in [3.63, 3.8) is 0 Å². The Morgan fingerprint density at radius 3 is 2.57 bits per heavy atom. The number of ether oxygens (including phenoxy) is 1. The number of nitrogens with two attached hydrogens (primary N) is 1. The number of rotatable bonds is 4. The van der Waals surface area contributed by atoms with Crippen LogP contribution in [0.1, 0.15) is 22.7 Å². The molecule has 2 aromatic rings. The monoisotopic (exact) mass is 282 g/mol. The van der Waals surface area contributed by atoms with Gasteiger partial charge < -0.3 is 10.5 Å². The van der Waals surface area contributed by atoms with Gasteiger partial charge in [-0.3, -0.25) is 4.90 Å². The highest BCUT2D eigenvalue weighted by Crippen LogP contribution is 2.32. The van der Waals surface area contributed by atoms with Crippen LogP contribution >= 0.6 is 0 Å². The Morgan fingerprint density at radius 2 is 1.81 bits per heavy atom. The highest BCUT2D eigenvalue weighted by Gasteiger charge is 2.25. The summed E-state index contributed by atoms with van der Waals surface area (Å²) >= 11 is 0. The van der Waals surface area contributed by atoms with Crippen molar-refractivity contribution in [1.29, 1.82) is 0 Å². The summed E-state index contributed by atoms with van der Waals surface area (Å²) in [4.78, 5) is 2.46. The zero-order chi connectivity index (χ0) is 14.7. The van der Waals surface area contributed by atoms with Crippen LogP contribution in [0.15, 0.2) is 48.5 Å². The summed E-state index contributed by atoms with van der Waals surface area (Å²) in [6.07, 6.45) is 1.09. The molecule has 0 fully saturated rings. The van der Waals surface area contributed by atoms with Crippen molar-refractivity contribution >= 4 is 0 Å². The molecule has 3 heteroatoms. The molecule has 110 valence electrons. The van der Waals surface area contributed by atoms with Gasteiger partial charge >= 0.3 is 0 Å². The first-order valence-electron chi connectivity index (χ1n) is 7.47. The Hall–Kier alpha value is -1.84. The number of para-hydroxylation sites is 1. The largest absolute Gasteiger partial charge is 0.496 e. The molecule has 1 unspecified atom stereocenters. The topological polar surface area (TPSA) is 38.5 Å². The van der Waals surface area contributed by atoms with Crippen LogP contribution in [0.25, 0.3) is 0 Å². The Bertz CT molecular complexity index is 612. The summed E-state index contributed by atoms with van der Waals surface area (Å²) < 4.78 is 5.51. The average Bonchev–Trinajstić information content (AvgIpc) is 2.56. The van der Waals surface area contributed by atoms with Crippen molar-refractivity contribution in [2.75, 3.05) is 20.2 Å². The van der Waals surface area contributed by atoms with Gasteiger partial charge in [0.25, 0.3) is 0 Å². The molecule has 0 aromatic heterocycles. The van der Waals surface area contributed by atoms with Gasteiger partial charge in [-0.15, -0.1) is 0 Å². The lowest BCUT2D eigenvalue weighted by Crippen LogP contribution is -2.37. The first kappa shape index (κ1) is 14.1. The molecular formula is C18H22N2O. The molecule has 0 saturated heterocycles. The molecule has 1 aliphatic heterocycles. The SMILES string of the molecule is COc1ccccc1C(CN)N1CCc2ccccc2C1. The van der Waals surface area contributed by atoms with Gasteiger partial charge in [0.15, 0.2) is 0 Å². The molecular weight excluding hydrogens is 260 g/mol. The maximum atomic E-state index is 6.08. The summed E-state index contributed by atoms with van der Waals surface area (Å²) in [5.41, 5.74) is 10.1. The smallest absolute Gasteiger partial charge is 0.123 e. The van der Waals surface area contributed by atoms with E-state index in [4.69, 9.17) is 10.5 Å². The van der Waals surface area contributed by atoms with E-state index in [0.717, 1.165) is 25.3 Å². The standard InChI is InChI=1S/C18H22N2O/c1-21-18-9-5-4-8-16(18)17(12-19)20-11-10-14-6-2-3-7-15(14)13-20/h2-9,17H,10-13,19H2,1H3. The summed E-state index contributed by atoms with van der Waals surface area (Å²) in [7, 11) is 1.72. The zero-order valence-electron chi connectivity index (χ0n) is 12.5. The summed E-state index contributed by atoms with van der Waals surface area (Å²) in [6.45, 7) is 2.59. The number of fused-ring (bicyclic) bond motifs is 1. The third-order valence-electron chi connectivity index (χ3n) is 4.32.